The first-order valence-electron chi connectivity index (χ1n) is 9.15. The number of nitrogens with one attached hydrogen (secondary N) is 1. The fourth-order valence-corrected chi connectivity index (χ4v) is 4.46. The predicted molar refractivity (Wildman–Crippen MR) is 91.8 cm³/mol. The number of rotatable bonds is 2. The van der Waals surface area contributed by atoms with E-state index < -0.39 is 0 Å². The van der Waals surface area contributed by atoms with Crippen molar-refractivity contribution in [1.82, 2.24) is 15.1 Å². The minimum absolute atomic E-state index is 0.0292. The molecule has 128 valence electrons. The molecule has 2 fully saturated rings. The number of likely N-dealkylation sites (tertiary alicyclic amines) is 1. The molecule has 0 unspecified atom stereocenters. The van der Waals surface area contributed by atoms with E-state index in [0.717, 1.165) is 58.3 Å². The standard InChI is InChI=1S/C19H25N3O2/c23-18(17-7-3-5-14-4-1-2-6-16(14)17)21-11-8-15(9-12-21)22-13-10-20-19(22)24/h1-2,4,6,15,17H,3,5,7-13H2,(H,20,24)/t17-/m1/s1. The van der Waals surface area contributed by atoms with Crippen LogP contribution in [0.25, 0.3) is 0 Å². The highest BCUT2D eigenvalue weighted by atomic mass is 16.2. The Labute approximate surface area is 143 Å². The topological polar surface area (TPSA) is 52.7 Å². The molecule has 0 bridgehead atoms. The predicted octanol–water partition coefficient (Wildman–Crippen LogP) is 2.12. The first-order chi connectivity index (χ1) is 11.7. The maximum atomic E-state index is 13.0. The van der Waals surface area contributed by atoms with E-state index in [9.17, 15) is 9.59 Å². The Hall–Kier alpha value is -2.04. The molecule has 1 aliphatic carbocycles. The van der Waals surface area contributed by atoms with Crippen molar-refractivity contribution < 1.29 is 9.59 Å². The van der Waals surface area contributed by atoms with Gasteiger partial charge >= 0.3 is 6.03 Å². The Morgan fingerprint density at radius 1 is 1.08 bits per heavy atom. The number of piperidine rings is 1. The lowest BCUT2D eigenvalue weighted by Gasteiger charge is -2.38. The second kappa shape index (κ2) is 6.46. The van der Waals surface area contributed by atoms with Crippen LogP contribution < -0.4 is 5.32 Å². The monoisotopic (exact) mass is 327 g/mol. The van der Waals surface area contributed by atoms with Gasteiger partial charge in [-0.05, 0) is 43.2 Å². The van der Waals surface area contributed by atoms with E-state index in [2.05, 4.69) is 23.5 Å². The number of amides is 3. The zero-order valence-corrected chi connectivity index (χ0v) is 14.0. The fraction of sp³-hybridized carbons (Fsp3) is 0.579. The molecule has 1 aromatic rings. The molecular weight excluding hydrogens is 302 g/mol. The molecule has 0 spiro atoms. The lowest BCUT2D eigenvalue weighted by atomic mass is 9.81. The molecule has 2 heterocycles. The Kier molecular flexibility index (Phi) is 4.17. The van der Waals surface area contributed by atoms with Gasteiger partial charge in [0.05, 0.1) is 5.92 Å². The molecule has 0 saturated carbocycles. The first kappa shape index (κ1) is 15.5. The minimum atomic E-state index is 0.0292. The highest BCUT2D eigenvalue weighted by Crippen LogP contribution is 2.33. The van der Waals surface area contributed by atoms with Gasteiger partial charge in [-0.3, -0.25) is 4.79 Å². The second-order valence-electron chi connectivity index (χ2n) is 7.13. The number of urea groups is 1. The summed E-state index contributed by atoms with van der Waals surface area (Å²) in [6.07, 6.45) is 4.94. The van der Waals surface area contributed by atoms with E-state index in [4.69, 9.17) is 0 Å². The number of carbonyl (C=O) groups is 2. The molecule has 2 aliphatic heterocycles. The van der Waals surface area contributed by atoms with Crippen LogP contribution >= 0.6 is 0 Å². The van der Waals surface area contributed by atoms with Gasteiger partial charge < -0.3 is 15.1 Å². The van der Waals surface area contributed by atoms with Crippen LogP contribution in [0.1, 0.15) is 42.7 Å². The number of aryl methyl sites for hydroxylation is 1. The Morgan fingerprint density at radius 3 is 2.62 bits per heavy atom. The number of fused-ring (bicyclic) bond motifs is 1. The molecule has 5 nitrogen and oxygen atoms in total. The summed E-state index contributed by atoms with van der Waals surface area (Å²) in [5, 5.41) is 2.87. The van der Waals surface area contributed by atoms with Gasteiger partial charge in [0, 0.05) is 32.2 Å². The molecule has 1 aromatic carbocycles. The van der Waals surface area contributed by atoms with Crippen molar-refractivity contribution in [3.8, 4) is 0 Å². The van der Waals surface area contributed by atoms with Crippen LogP contribution in [0.2, 0.25) is 0 Å². The number of carbonyl (C=O) groups excluding carboxylic acids is 2. The third-order valence-corrected chi connectivity index (χ3v) is 5.77. The normalized spacial score (nSPS) is 24.7. The van der Waals surface area contributed by atoms with Gasteiger partial charge in [-0.2, -0.15) is 0 Å². The molecule has 4 rings (SSSR count). The second-order valence-corrected chi connectivity index (χ2v) is 7.13. The zero-order chi connectivity index (χ0) is 16.5. The van der Waals surface area contributed by atoms with Gasteiger partial charge in [0.15, 0.2) is 0 Å². The smallest absolute Gasteiger partial charge is 0.317 e. The van der Waals surface area contributed by atoms with Crippen LogP contribution in [0.4, 0.5) is 4.79 Å². The Morgan fingerprint density at radius 2 is 1.88 bits per heavy atom. The number of nitrogens with zero attached hydrogens (tertiary/aromatic N) is 2. The first-order valence-corrected chi connectivity index (χ1v) is 9.15. The average Bonchev–Trinajstić information content (AvgIpc) is 3.07. The van der Waals surface area contributed by atoms with E-state index in [0.29, 0.717) is 0 Å². The van der Waals surface area contributed by atoms with E-state index in [1.807, 2.05) is 15.9 Å². The van der Waals surface area contributed by atoms with E-state index in [1.54, 1.807) is 0 Å². The fourth-order valence-electron chi connectivity index (χ4n) is 4.46. The number of hydrogen-bond donors (Lipinski definition) is 1. The summed E-state index contributed by atoms with van der Waals surface area (Å²) in [7, 11) is 0. The van der Waals surface area contributed by atoms with Gasteiger partial charge in [-0.15, -0.1) is 0 Å². The van der Waals surface area contributed by atoms with Crippen molar-refractivity contribution in [2.45, 2.75) is 44.1 Å². The zero-order valence-electron chi connectivity index (χ0n) is 14.0. The maximum Gasteiger partial charge on any atom is 0.317 e. The SMILES string of the molecule is O=C([C@@H]1CCCc2ccccc21)N1CCC(N2CCNC2=O)CC1. The summed E-state index contributed by atoms with van der Waals surface area (Å²) in [5.41, 5.74) is 2.57. The molecular formula is C19H25N3O2. The molecule has 2 saturated heterocycles. The molecule has 24 heavy (non-hydrogen) atoms. The van der Waals surface area contributed by atoms with Gasteiger partial charge in [-0.25, -0.2) is 4.79 Å². The molecule has 0 aromatic heterocycles. The molecule has 1 atom stereocenters. The number of hydrogen-bond acceptors (Lipinski definition) is 2. The average molecular weight is 327 g/mol. The lowest BCUT2D eigenvalue weighted by molar-refractivity contribution is -0.134. The summed E-state index contributed by atoms with van der Waals surface area (Å²) < 4.78 is 0. The van der Waals surface area contributed by atoms with Crippen molar-refractivity contribution >= 4 is 11.9 Å². The highest BCUT2D eigenvalue weighted by molar-refractivity contribution is 5.84. The van der Waals surface area contributed by atoms with Gasteiger partial charge in [-0.1, -0.05) is 24.3 Å². The van der Waals surface area contributed by atoms with Crippen molar-refractivity contribution in [2.24, 2.45) is 0 Å². The van der Waals surface area contributed by atoms with Gasteiger partial charge in [0.25, 0.3) is 0 Å². The minimum Gasteiger partial charge on any atom is -0.342 e. The molecule has 1 N–H and O–H groups in total. The third kappa shape index (κ3) is 2.76. The Bertz CT molecular complexity index is 637. The van der Waals surface area contributed by atoms with Crippen molar-refractivity contribution in [3.05, 3.63) is 35.4 Å². The summed E-state index contributed by atoms with van der Waals surface area (Å²) >= 11 is 0. The molecule has 5 heteroatoms. The maximum absolute atomic E-state index is 13.0. The van der Waals surface area contributed by atoms with Crippen LogP contribution in [0.5, 0.6) is 0 Å². The van der Waals surface area contributed by atoms with Crippen molar-refractivity contribution in [3.63, 3.8) is 0 Å². The van der Waals surface area contributed by atoms with Crippen LogP contribution in [0, 0.1) is 0 Å². The quantitative estimate of drug-likeness (QED) is 0.905. The third-order valence-electron chi connectivity index (χ3n) is 5.77. The lowest BCUT2D eigenvalue weighted by Crippen LogP contribution is -2.48. The summed E-state index contributed by atoms with van der Waals surface area (Å²) in [5.74, 6) is 0.313. The van der Waals surface area contributed by atoms with Crippen LogP contribution in [0.15, 0.2) is 24.3 Å². The Balaban J connectivity index is 1.41. The van der Waals surface area contributed by atoms with E-state index >= 15 is 0 Å². The van der Waals surface area contributed by atoms with Gasteiger partial charge in [0.2, 0.25) is 5.91 Å². The van der Waals surface area contributed by atoms with E-state index in [1.165, 1.54) is 11.1 Å². The van der Waals surface area contributed by atoms with Crippen LogP contribution in [-0.2, 0) is 11.2 Å². The summed E-state index contributed by atoms with van der Waals surface area (Å²) in [4.78, 5) is 28.8. The van der Waals surface area contributed by atoms with Gasteiger partial charge in [0.1, 0.15) is 0 Å². The van der Waals surface area contributed by atoms with Crippen LogP contribution in [0.3, 0.4) is 0 Å². The molecule has 3 amide bonds. The molecule has 3 aliphatic rings. The number of benzene rings is 1. The van der Waals surface area contributed by atoms with E-state index in [-0.39, 0.29) is 23.9 Å². The summed E-state index contributed by atoms with van der Waals surface area (Å²) in [6.45, 7) is 3.09. The largest absolute Gasteiger partial charge is 0.342 e. The van der Waals surface area contributed by atoms with Crippen molar-refractivity contribution in [2.75, 3.05) is 26.2 Å². The van der Waals surface area contributed by atoms with Crippen molar-refractivity contribution in [1.29, 1.82) is 0 Å². The highest BCUT2D eigenvalue weighted by Gasteiger charge is 2.35. The molecule has 0 radical (unpaired) electrons. The van der Waals surface area contributed by atoms with Crippen LogP contribution in [-0.4, -0.2) is 54.0 Å². The summed E-state index contributed by atoms with van der Waals surface area (Å²) in [6, 6.07) is 8.74.